The summed E-state index contributed by atoms with van der Waals surface area (Å²) < 4.78 is 7.66. The van der Waals surface area contributed by atoms with Gasteiger partial charge in [0.25, 0.3) is 0 Å². The topological polar surface area (TPSA) is 55.2 Å². The van der Waals surface area contributed by atoms with Gasteiger partial charge in [-0.1, -0.05) is 48.5 Å². The van der Waals surface area contributed by atoms with Gasteiger partial charge in [0.1, 0.15) is 12.4 Å². The molecule has 0 bridgehead atoms. The molecule has 3 rings (SSSR count). The molecule has 110 valence electrons. The quantitative estimate of drug-likeness (QED) is 0.580. The minimum Gasteiger partial charge on any atom is -0.486 e. The van der Waals surface area contributed by atoms with Crippen molar-refractivity contribution < 1.29 is 4.74 Å². The molecule has 0 radical (unpaired) electrons. The molecular formula is C16H14N4OS. The number of benzene rings is 2. The fourth-order valence-corrected chi connectivity index (χ4v) is 2.06. The number of aromatic nitrogens is 3. The van der Waals surface area contributed by atoms with E-state index >= 15 is 0 Å². The molecule has 0 unspecified atom stereocenters. The van der Waals surface area contributed by atoms with Crippen LogP contribution >= 0.6 is 12.2 Å². The molecule has 0 fully saturated rings. The van der Waals surface area contributed by atoms with Crippen LogP contribution in [0.15, 0.2) is 65.8 Å². The van der Waals surface area contributed by atoms with Crippen molar-refractivity contribution in [3.8, 4) is 5.75 Å². The van der Waals surface area contributed by atoms with E-state index in [1.807, 2.05) is 60.7 Å². The summed E-state index contributed by atoms with van der Waals surface area (Å²) in [5.74, 6) is 1.39. The SMILES string of the molecule is S=c1[nH]nc(COc2ccccc2)n1/N=C\c1ccccc1. The molecule has 0 aliphatic carbocycles. The number of nitrogens with one attached hydrogen (secondary N) is 1. The van der Waals surface area contributed by atoms with Crippen LogP contribution in [-0.4, -0.2) is 21.1 Å². The van der Waals surface area contributed by atoms with Crippen LogP contribution < -0.4 is 4.74 Å². The Bertz CT molecular complexity index is 809. The maximum atomic E-state index is 5.67. The first-order valence-electron chi connectivity index (χ1n) is 6.76. The number of nitrogens with zero attached hydrogens (tertiary/aromatic N) is 3. The number of hydrogen-bond donors (Lipinski definition) is 1. The Morgan fingerprint density at radius 3 is 2.50 bits per heavy atom. The number of aromatic amines is 1. The van der Waals surface area contributed by atoms with Crippen molar-refractivity contribution in [2.24, 2.45) is 5.10 Å². The molecule has 0 atom stereocenters. The van der Waals surface area contributed by atoms with Gasteiger partial charge in [0, 0.05) is 0 Å². The average molecular weight is 310 g/mol. The fourth-order valence-electron chi connectivity index (χ4n) is 1.86. The standard InChI is InChI=1S/C16H14N4OS/c22-16-19-18-15(12-21-14-9-5-2-6-10-14)20(16)17-11-13-7-3-1-4-8-13/h1-11H,12H2,(H,19,22)/b17-11-. The summed E-state index contributed by atoms with van der Waals surface area (Å²) in [6.07, 6.45) is 1.73. The lowest BCUT2D eigenvalue weighted by Crippen LogP contribution is -2.04. The molecule has 1 heterocycles. The zero-order valence-corrected chi connectivity index (χ0v) is 12.5. The van der Waals surface area contributed by atoms with E-state index in [1.54, 1.807) is 10.9 Å². The highest BCUT2D eigenvalue weighted by atomic mass is 32.1. The number of ether oxygens (including phenoxy) is 1. The Balaban J connectivity index is 1.76. The summed E-state index contributed by atoms with van der Waals surface area (Å²) in [5, 5.41) is 11.2. The molecule has 0 aliphatic rings. The predicted molar refractivity (Wildman–Crippen MR) is 87.6 cm³/mol. The van der Waals surface area contributed by atoms with Crippen LogP contribution in [-0.2, 0) is 6.61 Å². The van der Waals surface area contributed by atoms with Crippen LogP contribution in [0.25, 0.3) is 0 Å². The highest BCUT2D eigenvalue weighted by Gasteiger charge is 2.05. The first-order chi connectivity index (χ1) is 10.8. The van der Waals surface area contributed by atoms with Gasteiger partial charge in [-0.25, -0.2) is 5.10 Å². The van der Waals surface area contributed by atoms with Crippen molar-refractivity contribution in [3.05, 3.63) is 76.8 Å². The lowest BCUT2D eigenvalue weighted by atomic mass is 10.2. The van der Waals surface area contributed by atoms with Gasteiger partial charge in [0.05, 0.1) is 6.21 Å². The van der Waals surface area contributed by atoms with Crippen LogP contribution in [0.5, 0.6) is 5.75 Å². The van der Waals surface area contributed by atoms with Crippen LogP contribution in [0.3, 0.4) is 0 Å². The minimum absolute atomic E-state index is 0.281. The van der Waals surface area contributed by atoms with Gasteiger partial charge in [-0.05, 0) is 29.9 Å². The molecule has 3 aromatic rings. The Kier molecular flexibility index (Phi) is 4.41. The van der Waals surface area contributed by atoms with E-state index < -0.39 is 0 Å². The van der Waals surface area contributed by atoms with E-state index in [0.717, 1.165) is 11.3 Å². The van der Waals surface area contributed by atoms with E-state index in [0.29, 0.717) is 10.6 Å². The smallest absolute Gasteiger partial charge is 0.216 e. The van der Waals surface area contributed by atoms with E-state index in [4.69, 9.17) is 17.0 Å². The maximum Gasteiger partial charge on any atom is 0.216 e. The van der Waals surface area contributed by atoms with E-state index in [-0.39, 0.29) is 6.61 Å². The summed E-state index contributed by atoms with van der Waals surface area (Å²) in [5.41, 5.74) is 0.987. The second-order valence-corrected chi connectivity index (χ2v) is 4.90. The van der Waals surface area contributed by atoms with Crippen molar-refractivity contribution in [2.45, 2.75) is 6.61 Å². The van der Waals surface area contributed by atoms with Gasteiger partial charge in [0.2, 0.25) is 4.77 Å². The third-order valence-corrected chi connectivity index (χ3v) is 3.21. The molecule has 5 nitrogen and oxygen atoms in total. The van der Waals surface area contributed by atoms with Crippen LogP contribution in [0.2, 0.25) is 0 Å². The van der Waals surface area contributed by atoms with Crippen LogP contribution in [0, 0.1) is 4.77 Å². The average Bonchev–Trinajstić information content (AvgIpc) is 2.93. The molecular weight excluding hydrogens is 296 g/mol. The number of rotatable bonds is 5. The molecule has 0 saturated carbocycles. The van der Waals surface area contributed by atoms with Gasteiger partial charge in [-0.2, -0.15) is 14.9 Å². The maximum absolute atomic E-state index is 5.67. The Hall–Kier alpha value is -2.73. The normalized spacial score (nSPS) is 10.9. The van der Waals surface area contributed by atoms with Crippen LogP contribution in [0.1, 0.15) is 11.4 Å². The Labute approximate surface area is 132 Å². The number of hydrogen-bond acceptors (Lipinski definition) is 4. The molecule has 1 aromatic heterocycles. The zero-order valence-electron chi connectivity index (χ0n) is 11.7. The van der Waals surface area contributed by atoms with Crippen molar-refractivity contribution in [1.29, 1.82) is 0 Å². The molecule has 0 spiro atoms. The largest absolute Gasteiger partial charge is 0.486 e. The number of para-hydroxylation sites is 1. The zero-order chi connectivity index (χ0) is 15.2. The summed E-state index contributed by atoms with van der Waals surface area (Å²) in [6.45, 7) is 0.281. The summed E-state index contributed by atoms with van der Waals surface area (Å²) in [6, 6.07) is 19.3. The molecule has 0 amide bonds. The third kappa shape index (κ3) is 3.48. The van der Waals surface area contributed by atoms with Crippen molar-refractivity contribution in [1.82, 2.24) is 14.9 Å². The van der Waals surface area contributed by atoms with Gasteiger partial charge in [-0.3, -0.25) is 0 Å². The predicted octanol–water partition coefficient (Wildman–Crippen LogP) is 3.40. The highest BCUT2D eigenvalue weighted by molar-refractivity contribution is 7.71. The lowest BCUT2D eigenvalue weighted by molar-refractivity contribution is 0.290. The first kappa shape index (κ1) is 14.2. The highest BCUT2D eigenvalue weighted by Crippen LogP contribution is 2.11. The second kappa shape index (κ2) is 6.82. The molecule has 0 aliphatic heterocycles. The molecule has 1 N–H and O–H groups in total. The van der Waals surface area contributed by atoms with Gasteiger partial charge < -0.3 is 4.74 Å². The van der Waals surface area contributed by atoms with E-state index in [2.05, 4.69) is 15.3 Å². The van der Waals surface area contributed by atoms with Gasteiger partial charge >= 0.3 is 0 Å². The fraction of sp³-hybridized carbons (Fsp3) is 0.0625. The Morgan fingerprint density at radius 1 is 1.09 bits per heavy atom. The van der Waals surface area contributed by atoms with Gasteiger partial charge in [0.15, 0.2) is 5.82 Å². The van der Waals surface area contributed by atoms with Crippen LogP contribution in [0.4, 0.5) is 0 Å². The second-order valence-electron chi connectivity index (χ2n) is 4.51. The molecule has 6 heteroatoms. The first-order valence-corrected chi connectivity index (χ1v) is 7.17. The summed E-state index contributed by atoms with van der Waals surface area (Å²) in [7, 11) is 0. The number of H-pyrrole nitrogens is 1. The van der Waals surface area contributed by atoms with Crippen molar-refractivity contribution >= 4 is 18.4 Å². The lowest BCUT2D eigenvalue weighted by Gasteiger charge is -2.04. The van der Waals surface area contributed by atoms with Gasteiger partial charge in [-0.15, -0.1) is 0 Å². The Morgan fingerprint density at radius 2 is 1.77 bits per heavy atom. The molecule has 22 heavy (non-hydrogen) atoms. The molecule has 0 saturated heterocycles. The van der Waals surface area contributed by atoms with E-state index in [1.165, 1.54) is 0 Å². The van der Waals surface area contributed by atoms with E-state index in [9.17, 15) is 0 Å². The summed E-state index contributed by atoms with van der Waals surface area (Å²) in [4.78, 5) is 0. The minimum atomic E-state index is 0.281. The monoisotopic (exact) mass is 310 g/mol. The summed E-state index contributed by atoms with van der Waals surface area (Å²) >= 11 is 5.19. The third-order valence-electron chi connectivity index (χ3n) is 2.95. The molecule has 2 aromatic carbocycles. The van der Waals surface area contributed by atoms with Crippen molar-refractivity contribution in [2.75, 3.05) is 0 Å². The van der Waals surface area contributed by atoms with Crippen molar-refractivity contribution in [3.63, 3.8) is 0 Å².